The van der Waals surface area contributed by atoms with Crippen LogP contribution in [0.2, 0.25) is 0 Å². The molecule has 88 valence electrons. The SMILES string of the molecule is C[C@@H](O)c1ccc(N2CCC(C)(C)C2)cn1. The normalized spacial score (nSPS) is 21.1. The Balaban J connectivity index is 2.11. The molecule has 3 heteroatoms. The third kappa shape index (κ3) is 2.35. The van der Waals surface area contributed by atoms with Gasteiger partial charge in [-0.25, -0.2) is 0 Å². The summed E-state index contributed by atoms with van der Waals surface area (Å²) in [5.41, 5.74) is 2.31. The Kier molecular flexibility index (Phi) is 2.89. The molecule has 1 aliphatic rings. The van der Waals surface area contributed by atoms with E-state index < -0.39 is 6.10 Å². The molecule has 2 rings (SSSR count). The van der Waals surface area contributed by atoms with Gasteiger partial charge in [-0.1, -0.05) is 13.8 Å². The molecule has 0 aromatic carbocycles. The first kappa shape index (κ1) is 11.4. The summed E-state index contributed by atoms with van der Waals surface area (Å²) in [6.45, 7) is 8.52. The number of rotatable bonds is 2. The van der Waals surface area contributed by atoms with Crippen molar-refractivity contribution in [3.63, 3.8) is 0 Å². The fourth-order valence-electron chi connectivity index (χ4n) is 2.16. The van der Waals surface area contributed by atoms with Crippen LogP contribution in [-0.4, -0.2) is 23.2 Å². The van der Waals surface area contributed by atoms with Crippen LogP contribution in [0.25, 0.3) is 0 Å². The molecular formula is C13H20N2O. The van der Waals surface area contributed by atoms with E-state index in [0.29, 0.717) is 5.41 Å². The molecule has 1 aliphatic heterocycles. The van der Waals surface area contributed by atoms with Gasteiger partial charge in [0.15, 0.2) is 0 Å². The molecule has 1 saturated heterocycles. The van der Waals surface area contributed by atoms with Crippen molar-refractivity contribution in [3.05, 3.63) is 24.0 Å². The highest BCUT2D eigenvalue weighted by atomic mass is 16.3. The molecule has 1 aromatic heterocycles. The van der Waals surface area contributed by atoms with E-state index in [4.69, 9.17) is 0 Å². The van der Waals surface area contributed by atoms with Crippen LogP contribution in [0.4, 0.5) is 5.69 Å². The topological polar surface area (TPSA) is 36.4 Å². The quantitative estimate of drug-likeness (QED) is 0.831. The van der Waals surface area contributed by atoms with E-state index in [2.05, 4.69) is 29.8 Å². The maximum Gasteiger partial charge on any atom is 0.0931 e. The van der Waals surface area contributed by atoms with Crippen molar-refractivity contribution >= 4 is 5.69 Å². The number of hydrogen-bond donors (Lipinski definition) is 1. The fraction of sp³-hybridized carbons (Fsp3) is 0.615. The Morgan fingerprint density at radius 2 is 2.19 bits per heavy atom. The molecule has 1 atom stereocenters. The van der Waals surface area contributed by atoms with Gasteiger partial charge < -0.3 is 10.0 Å². The number of aliphatic hydroxyl groups excluding tert-OH is 1. The first-order valence-corrected chi connectivity index (χ1v) is 5.87. The van der Waals surface area contributed by atoms with Gasteiger partial charge in [0.1, 0.15) is 0 Å². The van der Waals surface area contributed by atoms with Gasteiger partial charge in [-0.3, -0.25) is 4.98 Å². The number of pyridine rings is 1. The van der Waals surface area contributed by atoms with E-state index in [9.17, 15) is 5.11 Å². The van der Waals surface area contributed by atoms with E-state index in [1.165, 1.54) is 6.42 Å². The zero-order valence-corrected chi connectivity index (χ0v) is 10.3. The highest BCUT2D eigenvalue weighted by Crippen LogP contribution is 2.32. The molecule has 0 amide bonds. The number of anilines is 1. The summed E-state index contributed by atoms with van der Waals surface area (Å²) in [6, 6.07) is 3.96. The molecule has 0 spiro atoms. The molecule has 16 heavy (non-hydrogen) atoms. The van der Waals surface area contributed by atoms with Crippen LogP contribution in [0.3, 0.4) is 0 Å². The second kappa shape index (κ2) is 4.06. The average molecular weight is 220 g/mol. The molecule has 1 fully saturated rings. The van der Waals surface area contributed by atoms with E-state index in [1.807, 2.05) is 12.3 Å². The average Bonchev–Trinajstić information content (AvgIpc) is 2.59. The fourth-order valence-corrected chi connectivity index (χ4v) is 2.16. The molecule has 0 saturated carbocycles. The molecule has 3 nitrogen and oxygen atoms in total. The first-order chi connectivity index (χ1) is 7.48. The van der Waals surface area contributed by atoms with Gasteiger partial charge in [0.05, 0.1) is 23.7 Å². The molecule has 1 N–H and O–H groups in total. The summed E-state index contributed by atoms with van der Waals surface area (Å²) in [6.07, 6.45) is 2.61. The van der Waals surface area contributed by atoms with Crippen molar-refractivity contribution in [1.82, 2.24) is 4.98 Å². The van der Waals surface area contributed by atoms with Gasteiger partial charge in [0, 0.05) is 13.1 Å². The smallest absolute Gasteiger partial charge is 0.0931 e. The van der Waals surface area contributed by atoms with Crippen molar-refractivity contribution in [1.29, 1.82) is 0 Å². The van der Waals surface area contributed by atoms with Crippen molar-refractivity contribution in [3.8, 4) is 0 Å². The van der Waals surface area contributed by atoms with Gasteiger partial charge in [-0.15, -0.1) is 0 Å². The van der Waals surface area contributed by atoms with Crippen LogP contribution in [-0.2, 0) is 0 Å². The lowest BCUT2D eigenvalue weighted by molar-refractivity contribution is 0.194. The third-order valence-electron chi connectivity index (χ3n) is 3.24. The lowest BCUT2D eigenvalue weighted by atomic mass is 9.93. The van der Waals surface area contributed by atoms with E-state index >= 15 is 0 Å². The van der Waals surface area contributed by atoms with E-state index in [-0.39, 0.29) is 0 Å². The number of aliphatic hydroxyl groups is 1. The molecule has 0 aliphatic carbocycles. The van der Waals surface area contributed by atoms with Crippen LogP contribution in [0.15, 0.2) is 18.3 Å². The van der Waals surface area contributed by atoms with E-state index in [0.717, 1.165) is 24.5 Å². The van der Waals surface area contributed by atoms with Crippen molar-refractivity contribution in [2.75, 3.05) is 18.0 Å². The Labute approximate surface area is 97.1 Å². The first-order valence-electron chi connectivity index (χ1n) is 5.87. The van der Waals surface area contributed by atoms with Gasteiger partial charge in [0.25, 0.3) is 0 Å². The Morgan fingerprint density at radius 1 is 1.44 bits per heavy atom. The third-order valence-corrected chi connectivity index (χ3v) is 3.24. The van der Waals surface area contributed by atoms with Gasteiger partial charge in [0.2, 0.25) is 0 Å². The highest BCUT2D eigenvalue weighted by Gasteiger charge is 2.29. The summed E-state index contributed by atoms with van der Waals surface area (Å²) in [5.74, 6) is 0. The second-order valence-electron chi connectivity index (χ2n) is 5.45. The molecule has 1 aromatic rings. The van der Waals surface area contributed by atoms with Crippen molar-refractivity contribution < 1.29 is 5.11 Å². The molecule has 0 unspecified atom stereocenters. The zero-order valence-electron chi connectivity index (χ0n) is 10.3. The van der Waals surface area contributed by atoms with Crippen LogP contribution < -0.4 is 4.90 Å². The van der Waals surface area contributed by atoms with Gasteiger partial charge in [-0.05, 0) is 30.9 Å². The minimum atomic E-state index is -0.482. The largest absolute Gasteiger partial charge is 0.387 e. The van der Waals surface area contributed by atoms with Crippen molar-refractivity contribution in [2.24, 2.45) is 5.41 Å². The maximum atomic E-state index is 9.39. The lowest BCUT2D eigenvalue weighted by Crippen LogP contribution is -2.22. The monoisotopic (exact) mass is 220 g/mol. The maximum absolute atomic E-state index is 9.39. The molecule has 0 bridgehead atoms. The van der Waals surface area contributed by atoms with Crippen LogP contribution >= 0.6 is 0 Å². The Bertz CT molecular complexity index is 357. The molecule has 2 heterocycles. The highest BCUT2D eigenvalue weighted by molar-refractivity contribution is 5.46. The number of nitrogens with zero attached hydrogens (tertiary/aromatic N) is 2. The van der Waals surface area contributed by atoms with Crippen LogP contribution in [0.1, 0.15) is 39.0 Å². The van der Waals surface area contributed by atoms with Crippen molar-refractivity contribution in [2.45, 2.75) is 33.3 Å². The summed E-state index contributed by atoms with van der Waals surface area (Å²) in [4.78, 5) is 6.64. The summed E-state index contributed by atoms with van der Waals surface area (Å²) >= 11 is 0. The van der Waals surface area contributed by atoms with Gasteiger partial charge >= 0.3 is 0 Å². The van der Waals surface area contributed by atoms with Crippen LogP contribution in [0.5, 0.6) is 0 Å². The number of aromatic nitrogens is 1. The minimum absolute atomic E-state index is 0.406. The summed E-state index contributed by atoms with van der Waals surface area (Å²) in [5, 5.41) is 9.39. The standard InChI is InChI=1S/C13H20N2O/c1-10(16)12-5-4-11(8-14-12)15-7-6-13(2,3)9-15/h4-5,8,10,16H,6-7,9H2,1-3H3/t10-/m1/s1. The molecule has 0 radical (unpaired) electrons. The number of hydrogen-bond acceptors (Lipinski definition) is 3. The Hall–Kier alpha value is -1.09. The van der Waals surface area contributed by atoms with Gasteiger partial charge in [-0.2, -0.15) is 0 Å². The molecular weight excluding hydrogens is 200 g/mol. The summed E-state index contributed by atoms with van der Waals surface area (Å²) in [7, 11) is 0. The Morgan fingerprint density at radius 3 is 2.62 bits per heavy atom. The summed E-state index contributed by atoms with van der Waals surface area (Å²) < 4.78 is 0. The minimum Gasteiger partial charge on any atom is -0.387 e. The van der Waals surface area contributed by atoms with E-state index in [1.54, 1.807) is 6.92 Å². The van der Waals surface area contributed by atoms with Crippen LogP contribution in [0, 0.1) is 5.41 Å². The lowest BCUT2D eigenvalue weighted by Gasteiger charge is -2.21. The predicted octanol–water partition coefficient (Wildman–Crippen LogP) is 2.37. The zero-order chi connectivity index (χ0) is 11.8. The second-order valence-corrected chi connectivity index (χ2v) is 5.45. The predicted molar refractivity (Wildman–Crippen MR) is 65.5 cm³/mol.